The van der Waals surface area contributed by atoms with E-state index in [0.717, 1.165) is 0 Å². The zero-order valence-corrected chi connectivity index (χ0v) is 48.4. The molecule has 10 rings (SSSR count). The molecule has 2 heteroatoms. The summed E-state index contributed by atoms with van der Waals surface area (Å²) in [6.45, 7) is 13.8. The van der Waals surface area contributed by atoms with Crippen molar-refractivity contribution in [3.63, 3.8) is 0 Å². The smallest absolute Gasteiger partial charge is 0.0465 e. The van der Waals surface area contributed by atoms with Gasteiger partial charge in [0.25, 0.3) is 0 Å². The first-order valence-corrected chi connectivity index (χ1v) is 30.8. The molecule has 2 aliphatic rings. The predicted molar refractivity (Wildman–Crippen MR) is 338 cm³/mol. The Morgan fingerprint density at radius 2 is 0.590 bits per heavy atom. The Balaban J connectivity index is 0.997. The highest BCUT2D eigenvalue weighted by Gasteiger charge is 2.44. The third-order valence-electron chi connectivity index (χ3n) is 18.0. The van der Waals surface area contributed by atoms with Crippen LogP contribution in [0.5, 0.6) is 0 Å². The summed E-state index contributed by atoms with van der Waals surface area (Å²) in [5.41, 5.74) is 24.0. The van der Waals surface area contributed by atoms with Crippen molar-refractivity contribution in [3.05, 3.63) is 215 Å². The van der Waals surface area contributed by atoms with E-state index in [1.54, 1.807) is 11.1 Å². The first-order chi connectivity index (χ1) is 38.3. The highest BCUT2D eigenvalue weighted by Crippen LogP contribution is 2.57. The summed E-state index contributed by atoms with van der Waals surface area (Å²) in [6, 6.07) is 70.4. The van der Waals surface area contributed by atoms with Crippen LogP contribution in [0.1, 0.15) is 189 Å². The van der Waals surface area contributed by atoms with Crippen LogP contribution in [-0.4, -0.2) is 0 Å². The molecular formula is C76H88N2. The standard InChI is InChI=1S/C76H88N2/c1-7-11-15-23-49-75(50-24-16-12-8-2)71-35-21-19-33-67(71)69-47-45-65(55-73(69)75)77(63-31-27-29-57(5)53-63)61-41-37-59(38-42-61)60-39-43-62(44-40-60)78(64-32-28-30-58(6)54-64)66-46-48-70-68-34-20-22-36-72(68)76(74(70)56-66,51-25-17-13-9-3)52-26-18-14-10-4/h19-22,27-48,53-56H,7-18,23-26,49-52H2,1-6H3. The van der Waals surface area contributed by atoms with Crippen molar-refractivity contribution in [1.29, 1.82) is 0 Å². The summed E-state index contributed by atoms with van der Waals surface area (Å²) in [5.74, 6) is 0. The Hall–Kier alpha value is -6.64. The number of anilines is 6. The molecule has 0 saturated heterocycles. The molecule has 0 amide bonds. The minimum absolute atomic E-state index is 0.0192. The lowest BCUT2D eigenvalue weighted by atomic mass is 9.70. The van der Waals surface area contributed by atoms with Crippen LogP contribution in [0.15, 0.2) is 182 Å². The number of hydrogen-bond acceptors (Lipinski definition) is 2. The molecule has 0 saturated carbocycles. The fourth-order valence-corrected chi connectivity index (χ4v) is 13.9. The molecule has 402 valence electrons. The van der Waals surface area contributed by atoms with Gasteiger partial charge in [0, 0.05) is 45.0 Å². The Kier molecular flexibility index (Phi) is 17.8. The van der Waals surface area contributed by atoms with E-state index in [-0.39, 0.29) is 10.8 Å². The second-order valence-corrected chi connectivity index (χ2v) is 23.4. The summed E-state index contributed by atoms with van der Waals surface area (Å²) in [4.78, 5) is 5.00. The van der Waals surface area contributed by atoms with Gasteiger partial charge in [-0.25, -0.2) is 0 Å². The SMILES string of the molecule is CCCCCCC1(CCCCCC)c2ccccc2-c2ccc(N(c3ccc(-c4ccc(N(c5cccc(C)c5)c5ccc6c(c5)C(CCCCCC)(CCCCCC)c5ccccc5-6)cc4)cc3)c3cccc(C)c3)cc21. The van der Waals surface area contributed by atoms with Crippen molar-refractivity contribution in [2.75, 3.05) is 9.80 Å². The van der Waals surface area contributed by atoms with Gasteiger partial charge in [-0.2, -0.15) is 0 Å². The molecule has 8 aromatic rings. The van der Waals surface area contributed by atoms with Gasteiger partial charge in [-0.15, -0.1) is 0 Å². The van der Waals surface area contributed by atoms with Crippen LogP contribution >= 0.6 is 0 Å². The van der Waals surface area contributed by atoms with Crippen LogP contribution in [0, 0.1) is 13.8 Å². The van der Waals surface area contributed by atoms with E-state index in [2.05, 4.69) is 233 Å². The first kappa shape index (κ1) is 54.7. The van der Waals surface area contributed by atoms with Gasteiger partial charge in [-0.3, -0.25) is 0 Å². The van der Waals surface area contributed by atoms with E-state index in [1.807, 2.05) is 0 Å². The lowest BCUT2D eigenvalue weighted by Crippen LogP contribution is -2.26. The Bertz CT molecular complexity index is 2990. The molecule has 0 N–H and O–H groups in total. The molecule has 8 aromatic carbocycles. The van der Waals surface area contributed by atoms with Crippen molar-refractivity contribution in [1.82, 2.24) is 0 Å². The first-order valence-electron chi connectivity index (χ1n) is 30.8. The van der Waals surface area contributed by atoms with Crippen LogP contribution < -0.4 is 9.80 Å². The van der Waals surface area contributed by atoms with Gasteiger partial charge in [0.1, 0.15) is 0 Å². The lowest BCUT2D eigenvalue weighted by molar-refractivity contribution is 0.401. The number of fused-ring (bicyclic) bond motifs is 6. The summed E-state index contributed by atoms with van der Waals surface area (Å²) in [7, 11) is 0. The molecule has 0 aliphatic heterocycles. The van der Waals surface area contributed by atoms with Crippen molar-refractivity contribution >= 4 is 34.1 Å². The van der Waals surface area contributed by atoms with Crippen LogP contribution in [0.3, 0.4) is 0 Å². The number of hydrogen-bond donors (Lipinski definition) is 0. The fourth-order valence-electron chi connectivity index (χ4n) is 13.9. The van der Waals surface area contributed by atoms with Crippen molar-refractivity contribution in [2.45, 2.75) is 181 Å². The number of aryl methyl sites for hydroxylation is 2. The van der Waals surface area contributed by atoms with Crippen molar-refractivity contribution < 1.29 is 0 Å². The zero-order chi connectivity index (χ0) is 53.9. The molecule has 0 heterocycles. The zero-order valence-electron chi connectivity index (χ0n) is 48.4. The van der Waals surface area contributed by atoms with Gasteiger partial charge < -0.3 is 9.80 Å². The molecule has 0 fully saturated rings. The number of rotatable bonds is 27. The van der Waals surface area contributed by atoms with E-state index in [0.29, 0.717) is 0 Å². The van der Waals surface area contributed by atoms with Gasteiger partial charge in [0.05, 0.1) is 0 Å². The molecule has 2 aliphatic carbocycles. The molecule has 0 atom stereocenters. The number of benzene rings is 8. The van der Waals surface area contributed by atoms with E-state index >= 15 is 0 Å². The molecule has 0 radical (unpaired) electrons. The van der Waals surface area contributed by atoms with Gasteiger partial charge in [-0.05, 0) is 179 Å². The van der Waals surface area contributed by atoms with Crippen molar-refractivity contribution in [3.8, 4) is 33.4 Å². The molecule has 0 unspecified atom stereocenters. The highest BCUT2D eigenvalue weighted by molar-refractivity contribution is 5.88. The maximum absolute atomic E-state index is 2.59. The fraction of sp³-hybridized carbons (Fsp3) is 0.368. The van der Waals surface area contributed by atoms with Crippen LogP contribution in [-0.2, 0) is 10.8 Å². The second kappa shape index (κ2) is 25.4. The molecule has 78 heavy (non-hydrogen) atoms. The van der Waals surface area contributed by atoms with E-state index in [4.69, 9.17) is 0 Å². The third-order valence-corrected chi connectivity index (χ3v) is 18.0. The molecule has 2 nitrogen and oxygen atoms in total. The molecule has 0 aromatic heterocycles. The molecule has 0 spiro atoms. The summed E-state index contributed by atoms with van der Waals surface area (Å²) in [5, 5.41) is 0. The Morgan fingerprint density at radius 3 is 0.936 bits per heavy atom. The second-order valence-electron chi connectivity index (χ2n) is 23.4. The number of nitrogens with zero attached hydrogens (tertiary/aromatic N) is 2. The number of unbranched alkanes of at least 4 members (excludes halogenated alkanes) is 12. The predicted octanol–water partition coefficient (Wildman–Crippen LogP) is 23.3. The molecule has 0 bridgehead atoms. The Morgan fingerprint density at radius 1 is 0.269 bits per heavy atom. The van der Waals surface area contributed by atoms with E-state index in [1.165, 1.54) is 218 Å². The van der Waals surface area contributed by atoms with Gasteiger partial charge in [0.15, 0.2) is 0 Å². The minimum atomic E-state index is 0.0192. The topological polar surface area (TPSA) is 6.48 Å². The van der Waals surface area contributed by atoms with Gasteiger partial charge in [0.2, 0.25) is 0 Å². The van der Waals surface area contributed by atoms with Crippen LogP contribution in [0.2, 0.25) is 0 Å². The van der Waals surface area contributed by atoms with Crippen LogP contribution in [0.4, 0.5) is 34.1 Å². The maximum Gasteiger partial charge on any atom is 0.0465 e. The average Bonchev–Trinajstić information content (AvgIpc) is 4.11. The monoisotopic (exact) mass is 1030 g/mol. The van der Waals surface area contributed by atoms with Gasteiger partial charge >= 0.3 is 0 Å². The van der Waals surface area contributed by atoms with Crippen molar-refractivity contribution in [2.24, 2.45) is 0 Å². The lowest BCUT2D eigenvalue weighted by Gasteiger charge is -2.34. The quantitative estimate of drug-likeness (QED) is 0.0474. The van der Waals surface area contributed by atoms with Gasteiger partial charge in [-0.1, -0.05) is 240 Å². The van der Waals surface area contributed by atoms with E-state index in [9.17, 15) is 0 Å². The van der Waals surface area contributed by atoms with E-state index < -0.39 is 0 Å². The normalized spacial score (nSPS) is 13.5. The average molecular weight is 1030 g/mol. The van der Waals surface area contributed by atoms with Crippen LogP contribution in [0.25, 0.3) is 33.4 Å². The molecular weight excluding hydrogens is 941 g/mol. The maximum atomic E-state index is 2.59. The summed E-state index contributed by atoms with van der Waals surface area (Å²) in [6.07, 6.45) is 25.3. The highest BCUT2D eigenvalue weighted by atomic mass is 15.1. The summed E-state index contributed by atoms with van der Waals surface area (Å²) >= 11 is 0. The minimum Gasteiger partial charge on any atom is -0.310 e. The largest absolute Gasteiger partial charge is 0.310 e. The Labute approximate surface area is 471 Å². The summed E-state index contributed by atoms with van der Waals surface area (Å²) < 4.78 is 0. The third kappa shape index (κ3) is 11.3.